The van der Waals surface area contributed by atoms with Gasteiger partial charge in [-0.1, -0.05) is 26.0 Å². The van der Waals surface area contributed by atoms with Gasteiger partial charge in [-0.2, -0.15) is 13.2 Å². The van der Waals surface area contributed by atoms with Crippen molar-refractivity contribution < 1.29 is 13.2 Å². The Morgan fingerprint density at radius 3 is 2.53 bits per heavy atom. The summed E-state index contributed by atoms with van der Waals surface area (Å²) in [5, 5.41) is 6.91. The first-order valence-electron chi connectivity index (χ1n) is 13.5. The first-order valence-corrected chi connectivity index (χ1v) is 14.4. The van der Waals surface area contributed by atoms with Crippen LogP contribution >= 0.6 is 11.8 Å². The number of piperidine rings is 2. The van der Waals surface area contributed by atoms with Gasteiger partial charge in [-0.3, -0.25) is 4.90 Å². The van der Waals surface area contributed by atoms with E-state index in [1.54, 1.807) is 11.8 Å². The lowest BCUT2D eigenvalue weighted by Crippen LogP contribution is -2.52. The lowest BCUT2D eigenvalue weighted by molar-refractivity contribution is -0.0888. The van der Waals surface area contributed by atoms with Gasteiger partial charge in [0, 0.05) is 67.7 Å². The van der Waals surface area contributed by atoms with E-state index in [1.807, 2.05) is 0 Å². The predicted octanol–water partition coefficient (Wildman–Crippen LogP) is 3.98. The average Bonchev–Trinajstić information content (AvgIpc) is 2.82. The van der Waals surface area contributed by atoms with Crippen LogP contribution in [0.4, 0.5) is 13.2 Å². The molecule has 0 aromatic heterocycles. The molecule has 200 valence electrons. The average molecular weight is 524 g/mol. The molecule has 36 heavy (non-hydrogen) atoms. The highest BCUT2D eigenvalue weighted by Gasteiger charge is 2.42. The molecule has 0 aromatic rings. The molecular formula is C27H40F3N5S. The minimum Gasteiger partial charge on any atom is -0.384 e. The Hall–Kier alpha value is -1.42. The summed E-state index contributed by atoms with van der Waals surface area (Å²) < 4.78 is 41.5. The lowest BCUT2D eigenvalue weighted by Gasteiger charge is -2.44. The van der Waals surface area contributed by atoms with Crippen LogP contribution in [0.2, 0.25) is 0 Å². The Morgan fingerprint density at radius 1 is 1.14 bits per heavy atom. The van der Waals surface area contributed by atoms with Crippen molar-refractivity contribution in [1.29, 1.82) is 0 Å². The van der Waals surface area contributed by atoms with Crippen molar-refractivity contribution in [1.82, 2.24) is 20.4 Å². The van der Waals surface area contributed by atoms with Crippen LogP contribution in [0, 0.1) is 11.8 Å². The highest BCUT2D eigenvalue weighted by Crippen LogP contribution is 2.44. The molecule has 5 aliphatic rings. The van der Waals surface area contributed by atoms with Gasteiger partial charge < -0.3 is 21.3 Å². The quantitative estimate of drug-likeness (QED) is 0.507. The van der Waals surface area contributed by atoms with Crippen LogP contribution in [0.5, 0.6) is 0 Å². The number of alkyl halides is 3. The normalized spacial score (nSPS) is 34.4. The second-order valence-electron chi connectivity index (χ2n) is 11.3. The third-order valence-electron chi connectivity index (χ3n) is 8.16. The van der Waals surface area contributed by atoms with Crippen LogP contribution in [0.25, 0.3) is 0 Å². The summed E-state index contributed by atoms with van der Waals surface area (Å²) in [5.41, 5.74) is 6.90. The molecule has 0 amide bonds. The maximum Gasteiger partial charge on any atom is 0.416 e. The van der Waals surface area contributed by atoms with Crippen molar-refractivity contribution in [3.8, 4) is 0 Å². The molecule has 3 saturated heterocycles. The summed E-state index contributed by atoms with van der Waals surface area (Å²) in [6.45, 7) is 10.2. The smallest absolute Gasteiger partial charge is 0.384 e. The number of thioether (sulfide) groups is 1. The molecule has 0 aromatic carbocycles. The highest BCUT2D eigenvalue weighted by atomic mass is 32.2. The SMILES string of the molecule is CC1CC(C)CN(C2C=C3NC4C(NC5CCN(CCN)CC5)=CC(C(F)(F)F)=CC4SC3=CC2)C1. The highest BCUT2D eigenvalue weighted by molar-refractivity contribution is 8.04. The summed E-state index contributed by atoms with van der Waals surface area (Å²) in [6, 6.07) is 0.326. The minimum atomic E-state index is -4.35. The van der Waals surface area contributed by atoms with Crippen molar-refractivity contribution in [2.75, 3.05) is 39.3 Å². The van der Waals surface area contributed by atoms with E-state index in [1.165, 1.54) is 18.6 Å². The van der Waals surface area contributed by atoms with Crippen LogP contribution in [0.15, 0.2) is 46.2 Å². The van der Waals surface area contributed by atoms with Gasteiger partial charge >= 0.3 is 6.18 Å². The molecule has 0 bridgehead atoms. The van der Waals surface area contributed by atoms with Crippen LogP contribution in [-0.4, -0.2) is 78.6 Å². The molecular weight excluding hydrogens is 483 g/mol. The zero-order valence-corrected chi connectivity index (χ0v) is 22.2. The van der Waals surface area contributed by atoms with Gasteiger partial charge in [-0.15, -0.1) is 11.8 Å². The summed E-state index contributed by atoms with van der Waals surface area (Å²) in [5.74, 6) is 1.38. The van der Waals surface area contributed by atoms with Crippen LogP contribution < -0.4 is 16.4 Å². The predicted molar refractivity (Wildman–Crippen MR) is 141 cm³/mol. The number of nitrogens with two attached hydrogens (primary N) is 1. The molecule has 9 heteroatoms. The molecule has 3 fully saturated rings. The molecule has 4 N–H and O–H groups in total. The van der Waals surface area contributed by atoms with E-state index < -0.39 is 11.7 Å². The van der Waals surface area contributed by atoms with Crippen LogP contribution in [0.3, 0.4) is 0 Å². The monoisotopic (exact) mass is 523 g/mol. The molecule has 5 atom stereocenters. The van der Waals surface area contributed by atoms with Gasteiger partial charge in [0.05, 0.1) is 16.9 Å². The van der Waals surface area contributed by atoms with Crippen molar-refractivity contribution in [2.45, 2.75) is 69.1 Å². The second-order valence-corrected chi connectivity index (χ2v) is 12.5. The van der Waals surface area contributed by atoms with Gasteiger partial charge in [0.15, 0.2) is 0 Å². The van der Waals surface area contributed by atoms with Crippen LogP contribution in [-0.2, 0) is 0 Å². The maximum atomic E-state index is 13.8. The number of hydrogen-bond donors (Lipinski definition) is 3. The standard InChI is InChI=1S/C27H40F3N5S/c1-17-11-18(2)16-35(15-17)21-3-4-24-22(14-21)33-26-23(12-19(27(28,29)30)13-25(26)36-24)32-20-5-8-34(9-6-20)10-7-31/h4,12-14,17-18,20-21,25-26,32-33H,3,5-11,15-16,31H2,1-2H3. The number of likely N-dealkylation sites (tertiary alicyclic amines) is 2. The summed E-state index contributed by atoms with van der Waals surface area (Å²) in [7, 11) is 0. The summed E-state index contributed by atoms with van der Waals surface area (Å²) in [6.07, 6.45) is 6.97. The van der Waals surface area contributed by atoms with E-state index in [0.717, 1.165) is 62.6 Å². The molecule has 3 aliphatic heterocycles. The van der Waals surface area contributed by atoms with E-state index in [-0.39, 0.29) is 17.3 Å². The van der Waals surface area contributed by atoms with Crippen molar-refractivity contribution in [2.24, 2.45) is 17.6 Å². The third kappa shape index (κ3) is 5.84. The first kappa shape index (κ1) is 26.2. The minimum absolute atomic E-state index is 0.173. The van der Waals surface area contributed by atoms with Gasteiger partial charge in [0.1, 0.15) is 0 Å². The van der Waals surface area contributed by atoms with Crippen LogP contribution in [0.1, 0.15) is 39.5 Å². The van der Waals surface area contributed by atoms with E-state index in [9.17, 15) is 13.2 Å². The Labute approximate surface area is 217 Å². The van der Waals surface area contributed by atoms with E-state index in [4.69, 9.17) is 5.73 Å². The Morgan fingerprint density at radius 2 is 1.86 bits per heavy atom. The molecule has 0 spiro atoms. The fourth-order valence-electron chi connectivity index (χ4n) is 6.51. The maximum absolute atomic E-state index is 13.8. The number of nitrogens with zero attached hydrogens (tertiary/aromatic N) is 2. The fourth-order valence-corrected chi connectivity index (χ4v) is 7.81. The number of rotatable bonds is 5. The molecule has 3 heterocycles. The van der Waals surface area contributed by atoms with Crippen molar-refractivity contribution in [3.05, 3.63) is 46.2 Å². The van der Waals surface area contributed by atoms with E-state index >= 15 is 0 Å². The Balaban J connectivity index is 1.33. The number of nitrogens with one attached hydrogen (secondary N) is 2. The largest absolute Gasteiger partial charge is 0.416 e. The third-order valence-corrected chi connectivity index (χ3v) is 9.48. The molecule has 0 saturated carbocycles. The van der Waals surface area contributed by atoms with E-state index in [2.05, 4.69) is 46.4 Å². The number of fused-ring (bicyclic) bond motifs is 2. The Bertz CT molecular complexity index is 924. The zero-order chi connectivity index (χ0) is 25.4. The number of hydrogen-bond acceptors (Lipinski definition) is 6. The molecule has 0 radical (unpaired) electrons. The van der Waals surface area contributed by atoms with Crippen molar-refractivity contribution in [3.63, 3.8) is 0 Å². The topological polar surface area (TPSA) is 56.6 Å². The number of halogens is 3. The van der Waals surface area contributed by atoms with Gasteiger partial charge in [0.2, 0.25) is 0 Å². The van der Waals surface area contributed by atoms with Gasteiger partial charge in [-0.05, 0) is 49.7 Å². The zero-order valence-electron chi connectivity index (χ0n) is 21.4. The summed E-state index contributed by atoms with van der Waals surface area (Å²) >= 11 is 1.57. The van der Waals surface area contributed by atoms with Gasteiger partial charge in [-0.25, -0.2) is 0 Å². The molecule has 2 aliphatic carbocycles. The first-order chi connectivity index (χ1) is 17.2. The second kappa shape index (κ2) is 10.8. The molecule has 5 unspecified atom stereocenters. The summed E-state index contributed by atoms with van der Waals surface area (Å²) in [4.78, 5) is 6.00. The van der Waals surface area contributed by atoms with Crippen molar-refractivity contribution >= 4 is 11.8 Å². The fraction of sp³-hybridized carbons (Fsp3) is 0.704. The molecule has 5 rings (SSSR count). The van der Waals surface area contributed by atoms with Gasteiger partial charge in [0.25, 0.3) is 0 Å². The lowest BCUT2D eigenvalue weighted by atomic mass is 9.89. The van der Waals surface area contributed by atoms with E-state index in [0.29, 0.717) is 30.1 Å². The molecule has 5 nitrogen and oxygen atoms in total. The Kier molecular flexibility index (Phi) is 7.82. The number of allylic oxidation sites excluding steroid dienone is 2.